The molecule has 4 unspecified atom stereocenters. The number of rotatable bonds is 10. The molecule has 1 fully saturated rings. The summed E-state index contributed by atoms with van der Waals surface area (Å²) >= 11 is 0. The molecule has 0 aliphatic heterocycles. The molecule has 0 aromatic rings. The van der Waals surface area contributed by atoms with Gasteiger partial charge in [-0.05, 0) is 61.9 Å². The van der Waals surface area contributed by atoms with Gasteiger partial charge in [-0.25, -0.2) is 0 Å². The van der Waals surface area contributed by atoms with Crippen LogP contribution < -0.4 is 5.32 Å². The summed E-state index contributed by atoms with van der Waals surface area (Å²) in [7, 11) is 0. The van der Waals surface area contributed by atoms with E-state index in [1.54, 1.807) is 0 Å². The quantitative estimate of drug-likeness (QED) is 0.530. The predicted octanol–water partition coefficient (Wildman–Crippen LogP) is 5.89. The van der Waals surface area contributed by atoms with Crippen molar-refractivity contribution < 1.29 is 0 Å². The van der Waals surface area contributed by atoms with Gasteiger partial charge in [0.05, 0.1) is 0 Å². The van der Waals surface area contributed by atoms with Crippen molar-refractivity contribution in [3.63, 3.8) is 0 Å². The van der Waals surface area contributed by atoms with E-state index < -0.39 is 0 Å². The lowest BCUT2D eigenvalue weighted by molar-refractivity contribution is 0.142. The summed E-state index contributed by atoms with van der Waals surface area (Å²) in [5, 5.41) is 3.74. The van der Waals surface area contributed by atoms with Crippen LogP contribution in [0.4, 0.5) is 0 Å². The molecule has 1 N–H and O–H groups in total. The molecule has 0 aromatic heterocycles. The first-order chi connectivity index (χ1) is 10.1. The lowest BCUT2D eigenvalue weighted by Gasteiger charge is -2.38. The summed E-state index contributed by atoms with van der Waals surface area (Å²) in [5.41, 5.74) is 0. The lowest BCUT2D eigenvalue weighted by atomic mass is 9.69. The van der Waals surface area contributed by atoms with E-state index in [9.17, 15) is 0 Å². The topological polar surface area (TPSA) is 12.0 Å². The van der Waals surface area contributed by atoms with E-state index in [4.69, 9.17) is 0 Å². The molecule has 0 aromatic carbocycles. The van der Waals surface area contributed by atoms with Crippen LogP contribution in [-0.4, -0.2) is 13.1 Å². The van der Waals surface area contributed by atoms with Gasteiger partial charge in [0.2, 0.25) is 0 Å². The molecule has 1 saturated carbocycles. The van der Waals surface area contributed by atoms with Crippen molar-refractivity contribution in [2.24, 2.45) is 29.6 Å². The Morgan fingerprint density at radius 3 is 2.38 bits per heavy atom. The van der Waals surface area contributed by atoms with Crippen molar-refractivity contribution in [1.82, 2.24) is 5.32 Å². The van der Waals surface area contributed by atoms with Gasteiger partial charge in [-0.2, -0.15) is 0 Å². The Morgan fingerprint density at radius 1 is 1.00 bits per heavy atom. The molecule has 126 valence electrons. The maximum Gasteiger partial charge on any atom is -0.00178 e. The molecule has 1 aliphatic carbocycles. The lowest BCUT2D eigenvalue weighted by Crippen LogP contribution is -2.35. The Bertz CT molecular complexity index is 246. The van der Waals surface area contributed by atoms with E-state index in [1.165, 1.54) is 64.5 Å². The Morgan fingerprint density at radius 2 is 1.76 bits per heavy atom. The van der Waals surface area contributed by atoms with Crippen LogP contribution in [0.25, 0.3) is 0 Å². The Kier molecular flexibility index (Phi) is 9.64. The Balaban J connectivity index is 2.48. The summed E-state index contributed by atoms with van der Waals surface area (Å²) in [6.07, 6.45) is 11.5. The number of hydrogen-bond acceptors (Lipinski definition) is 1. The second kappa shape index (κ2) is 10.6. The first-order valence-electron chi connectivity index (χ1n) is 9.77. The highest BCUT2D eigenvalue weighted by molar-refractivity contribution is 4.82. The molecular formula is C20H41N. The first kappa shape index (κ1) is 19.0. The first-order valence-corrected chi connectivity index (χ1v) is 9.77. The Hall–Kier alpha value is -0.0400. The zero-order valence-corrected chi connectivity index (χ0v) is 15.5. The van der Waals surface area contributed by atoms with Crippen molar-refractivity contribution >= 4 is 0 Å². The normalized spacial score (nSPS) is 28.0. The third-order valence-corrected chi connectivity index (χ3v) is 5.39. The highest BCUT2D eigenvalue weighted by Crippen LogP contribution is 2.39. The summed E-state index contributed by atoms with van der Waals surface area (Å²) < 4.78 is 0. The zero-order chi connectivity index (χ0) is 15.7. The van der Waals surface area contributed by atoms with Gasteiger partial charge in [-0.1, -0.05) is 66.7 Å². The summed E-state index contributed by atoms with van der Waals surface area (Å²) in [5.74, 6) is 4.65. The zero-order valence-electron chi connectivity index (χ0n) is 15.5. The van der Waals surface area contributed by atoms with Crippen molar-refractivity contribution in [2.45, 2.75) is 86.0 Å². The minimum absolute atomic E-state index is 0.777. The van der Waals surface area contributed by atoms with Crippen LogP contribution in [-0.2, 0) is 0 Å². The van der Waals surface area contributed by atoms with E-state index in [0.717, 1.165) is 29.6 Å². The van der Waals surface area contributed by atoms with Gasteiger partial charge in [0.25, 0.3) is 0 Å². The summed E-state index contributed by atoms with van der Waals surface area (Å²) in [6, 6.07) is 0. The SMILES string of the molecule is CCCC(C)CC1CC(CCC)CCC1CNCC(C)C. The van der Waals surface area contributed by atoms with Crippen molar-refractivity contribution in [2.75, 3.05) is 13.1 Å². The second-order valence-electron chi connectivity index (χ2n) is 8.17. The third-order valence-electron chi connectivity index (χ3n) is 5.39. The Labute approximate surface area is 134 Å². The van der Waals surface area contributed by atoms with Crippen LogP contribution in [0, 0.1) is 29.6 Å². The average molecular weight is 296 g/mol. The van der Waals surface area contributed by atoms with Gasteiger partial charge in [-0.3, -0.25) is 0 Å². The second-order valence-corrected chi connectivity index (χ2v) is 8.17. The molecular weight excluding hydrogens is 254 g/mol. The summed E-state index contributed by atoms with van der Waals surface area (Å²) in [6.45, 7) is 14.2. The minimum atomic E-state index is 0.777. The van der Waals surface area contributed by atoms with Gasteiger partial charge in [0.15, 0.2) is 0 Å². The molecule has 0 radical (unpaired) electrons. The fourth-order valence-electron chi connectivity index (χ4n) is 4.34. The average Bonchev–Trinajstić information content (AvgIpc) is 2.41. The van der Waals surface area contributed by atoms with Crippen LogP contribution in [0.3, 0.4) is 0 Å². The van der Waals surface area contributed by atoms with Gasteiger partial charge < -0.3 is 5.32 Å². The molecule has 1 heteroatoms. The molecule has 1 rings (SSSR count). The maximum absolute atomic E-state index is 3.74. The van der Waals surface area contributed by atoms with Gasteiger partial charge in [0, 0.05) is 0 Å². The van der Waals surface area contributed by atoms with E-state index >= 15 is 0 Å². The largest absolute Gasteiger partial charge is 0.316 e. The molecule has 21 heavy (non-hydrogen) atoms. The van der Waals surface area contributed by atoms with Crippen LogP contribution in [0.5, 0.6) is 0 Å². The van der Waals surface area contributed by atoms with Gasteiger partial charge >= 0.3 is 0 Å². The molecule has 0 bridgehead atoms. The molecule has 1 nitrogen and oxygen atoms in total. The van der Waals surface area contributed by atoms with Crippen molar-refractivity contribution in [3.05, 3.63) is 0 Å². The van der Waals surface area contributed by atoms with Crippen LogP contribution in [0.2, 0.25) is 0 Å². The highest BCUT2D eigenvalue weighted by atomic mass is 14.9. The van der Waals surface area contributed by atoms with Gasteiger partial charge in [0.1, 0.15) is 0 Å². The fourth-order valence-corrected chi connectivity index (χ4v) is 4.34. The fraction of sp³-hybridized carbons (Fsp3) is 1.00. The molecule has 1 aliphatic rings. The standard InChI is InChI=1S/C20H41N/c1-6-8-17(5)12-20-13-18(9-7-2)10-11-19(20)15-21-14-16(3)4/h16-21H,6-15H2,1-5H3. The van der Waals surface area contributed by atoms with E-state index in [2.05, 4.69) is 39.9 Å². The van der Waals surface area contributed by atoms with Crippen molar-refractivity contribution in [1.29, 1.82) is 0 Å². The van der Waals surface area contributed by atoms with Crippen LogP contribution >= 0.6 is 0 Å². The smallest absolute Gasteiger partial charge is 0.00178 e. The predicted molar refractivity (Wildman–Crippen MR) is 95.6 cm³/mol. The highest BCUT2D eigenvalue weighted by Gasteiger charge is 2.30. The molecule has 0 heterocycles. The summed E-state index contributed by atoms with van der Waals surface area (Å²) in [4.78, 5) is 0. The van der Waals surface area contributed by atoms with Crippen LogP contribution in [0.15, 0.2) is 0 Å². The van der Waals surface area contributed by atoms with E-state index in [1.807, 2.05) is 0 Å². The molecule has 0 spiro atoms. The third kappa shape index (κ3) is 7.68. The maximum atomic E-state index is 3.74. The number of hydrogen-bond donors (Lipinski definition) is 1. The minimum Gasteiger partial charge on any atom is -0.316 e. The monoisotopic (exact) mass is 295 g/mol. The van der Waals surface area contributed by atoms with Crippen LogP contribution in [0.1, 0.15) is 86.0 Å². The molecule has 4 atom stereocenters. The van der Waals surface area contributed by atoms with Gasteiger partial charge in [-0.15, -0.1) is 0 Å². The van der Waals surface area contributed by atoms with Crippen molar-refractivity contribution in [3.8, 4) is 0 Å². The van der Waals surface area contributed by atoms with E-state index in [-0.39, 0.29) is 0 Å². The van der Waals surface area contributed by atoms with E-state index in [0.29, 0.717) is 0 Å². The molecule has 0 amide bonds. The number of nitrogens with one attached hydrogen (secondary N) is 1. The molecule has 0 saturated heterocycles.